The summed E-state index contributed by atoms with van der Waals surface area (Å²) in [7, 11) is 0. The van der Waals surface area contributed by atoms with E-state index < -0.39 is 0 Å². The van der Waals surface area contributed by atoms with E-state index in [0.717, 1.165) is 30.4 Å². The zero-order valence-electron chi connectivity index (χ0n) is 15.0. The number of hydrogen-bond acceptors (Lipinski definition) is 4. The molecule has 25 heavy (non-hydrogen) atoms. The summed E-state index contributed by atoms with van der Waals surface area (Å²) >= 11 is 3.36. The minimum atomic E-state index is -0.137. The van der Waals surface area contributed by atoms with Crippen LogP contribution in [-0.4, -0.2) is 45.3 Å². The molecule has 0 atom stereocenters. The lowest BCUT2D eigenvalue weighted by molar-refractivity contribution is 0.0791. The standard InChI is InChI=1S/C18H25BrN4O2/c1-18(2,3)22-8-6-14(7-9-22)21-17(24)16-5-4-15(25-16)12-23-11-13(19)10-20-23/h4-5,10-11,14H,6-9,12H2,1-3H3,(H,21,24). The molecule has 1 aliphatic rings. The third-order valence-electron chi connectivity index (χ3n) is 4.58. The molecule has 6 nitrogen and oxygen atoms in total. The molecule has 2 aromatic heterocycles. The summed E-state index contributed by atoms with van der Waals surface area (Å²) in [5.41, 5.74) is 0.187. The lowest BCUT2D eigenvalue weighted by Gasteiger charge is -2.40. The van der Waals surface area contributed by atoms with E-state index in [1.54, 1.807) is 16.9 Å². The number of piperidine rings is 1. The van der Waals surface area contributed by atoms with E-state index in [-0.39, 0.29) is 17.5 Å². The van der Waals surface area contributed by atoms with E-state index >= 15 is 0 Å². The molecule has 1 aliphatic heterocycles. The zero-order chi connectivity index (χ0) is 18.0. The van der Waals surface area contributed by atoms with Crippen LogP contribution in [-0.2, 0) is 6.54 Å². The fourth-order valence-corrected chi connectivity index (χ4v) is 3.45. The van der Waals surface area contributed by atoms with Gasteiger partial charge in [-0.2, -0.15) is 5.10 Å². The van der Waals surface area contributed by atoms with Crippen molar-refractivity contribution < 1.29 is 9.21 Å². The van der Waals surface area contributed by atoms with Crippen molar-refractivity contribution in [3.63, 3.8) is 0 Å². The summed E-state index contributed by atoms with van der Waals surface area (Å²) in [6, 6.07) is 3.77. The second-order valence-electron chi connectivity index (χ2n) is 7.53. The van der Waals surface area contributed by atoms with Crippen LogP contribution in [0.15, 0.2) is 33.4 Å². The fourth-order valence-electron chi connectivity index (χ4n) is 3.12. The normalized spacial score (nSPS) is 17.0. The summed E-state index contributed by atoms with van der Waals surface area (Å²) in [6.07, 6.45) is 5.53. The number of nitrogens with zero attached hydrogens (tertiary/aromatic N) is 3. The monoisotopic (exact) mass is 408 g/mol. The highest BCUT2D eigenvalue weighted by Crippen LogP contribution is 2.20. The highest BCUT2D eigenvalue weighted by Gasteiger charge is 2.28. The minimum Gasteiger partial charge on any atom is -0.454 e. The van der Waals surface area contributed by atoms with Crippen LogP contribution >= 0.6 is 15.9 Å². The number of carbonyl (C=O) groups is 1. The predicted octanol–water partition coefficient (Wildman–Crippen LogP) is 3.28. The van der Waals surface area contributed by atoms with Gasteiger partial charge in [-0.05, 0) is 61.7 Å². The number of furan rings is 1. The Morgan fingerprint density at radius 2 is 2.08 bits per heavy atom. The summed E-state index contributed by atoms with van der Waals surface area (Å²) < 4.78 is 8.35. The van der Waals surface area contributed by atoms with Crippen LogP contribution in [0.25, 0.3) is 0 Å². The van der Waals surface area contributed by atoms with Gasteiger partial charge in [0.25, 0.3) is 5.91 Å². The molecule has 0 bridgehead atoms. The third-order valence-corrected chi connectivity index (χ3v) is 4.99. The van der Waals surface area contributed by atoms with Gasteiger partial charge < -0.3 is 9.73 Å². The van der Waals surface area contributed by atoms with Gasteiger partial charge in [-0.25, -0.2) is 0 Å². The van der Waals surface area contributed by atoms with Gasteiger partial charge in [0.15, 0.2) is 5.76 Å². The lowest BCUT2D eigenvalue weighted by Crippen LogP contribution is -2.50. The SMILES string of the molecule is CC(C)(C)N1CCC(NC(=O)c2ccc(Cn3cc(Br)cn3)o2)CC1. The summed E-state index contributed by atoms with van der Waals surface area (Å²) in [5, 5.41) is 7.29. The molecule has 3 rings (SSSR count). The van der Waals surface area contributed by atoms with E-state index in [9.17, 15) is 4.79 Å². The summed E-state index contributed by atoms with van der Waals surface area (Å²) in [6.45, 7) is 9.21. The Morgan fingerprint density at radius 1 is 1.36 bits per heavy atom. The van der Waals surface area contributed by atoms with Crippen molar-refractivity contribution in [3.05, 3.63) is 40.5 Å². The van der Waals surface area contributed by atoms with Crippen LogP contribution in [0.5, 0.6) is 0 Å². The van der Waals surface area contributed by atoms with Crippen LogP contribution in [0, 0.1) is 0 Å². The quantitative estimate of drug-likeness (QED) is 0.842. The molecule has 2 aromatic rings. The van der Waals surface area contributed by atoms with Crippen molar-refractivity contribution in [1.29, 1.82) is 0 Å². The first kappa shape index (κ1) is 18.2. The average molecular weight is 409 g/mol. The number of rotatable bonds is 4. The van der Waals surface area contributed by atoms with Crippen molar-refractivity contribution in [3.8, 4) is 0 Å². The molecule has 1 N–H and O–H groups in total. The predicted molar refractivity (Wildman–Crippen MR) is 99.6 cm³/mol. The van der Waals surface area contributed by atoms with Gasteiger partial charge in [0, 0.05) is 30.9 Å². The van der Waals surface area contributed by atoms with Crippen molar-refractivity contribution in [2.75, 3.05) is 13.1 Å². The molecular formula is C18H25BrN4O2. The van der Waals surface area contributed by atoms with Crippen molar-refractivity contribution in [1.82, 2.24) is 20.0 Å². The Balaban J connectivity index is 1.52. The third kappa shape index (κ3) is 4.73. The molecule has 0 spiro atoms. The number of carbonyl (C=O) groups excluding carboxylic acids is 1. The van der Waals surface area contributed by atoms with Crippen LogP contribution in [0.1, 0.15) is 49.9 Å². The number of hydrogen-bond donors (Lipinski definition) is 1. The van der Waals surface area contributed by atoms with E-state index in [1.165, 1.54) is 0 Å². The summed E-state index contributed by atoms with van der Waals surface area (Å²) in [4.78, 5) is 14.9. The largest absolute Gasteiger partial charge is 0.454 e. The van der Waals surface area contributed by atoms with Crippen LogP contribution < -0.4 is 5.32 Å². The maximum atomic E-state index is 12.4. The molecule has 7 heteroatoms. The maximum Gasteiger partial charge on any atom is 0.287 e. The molecule has 1 amide bonds. The van der Waals surface area contributed by atoms with Crippen molar-refractivity contribution >= 4 is 21.8 Å². The van der Waals surface area contributed by atoms with E-state index in [2.05, 4.69) is 52.0 Å². The smallest absolute Gasteiger partial charge is 0.287 e. The second kappa shape index (κ2) is 7.33. The average Bonchev–Trinajstić information content (AvgIpc) is 3.16. The van der Waals surface area contributed by atoms with Gasteiger partial charge in [0.2, 0.25) is 0 Å². The molecule has 0 aromatic carbocycles. The van der Waals surface area contributed by atoms with Crippen molar-refractivity contribution in [2.24, 2.45) is 0 Å². The Hall–Kier alpha value is -1.60. The number of amides is 1. The highest BCUT2D eigenvalue weighted by molar-refractivity contribution is 9.10. The molecule has 0 unspecified atom stereocenters. The molecular weight excluding hydrogens is 384 g/mol. The van der Waals surface area contributed by atoms with Crippen molar-refractivity contribution in [2.45, 2.75) is 51.7 Å². The Morgan fingerprint density at radius 3 is 2.68 bits per heavy atom. The van der Waals surface area contributed by atoms with E-state index in [1.807, 2.05) is 12.3 Å². The van der Waals surface area contributed by atoms with E-state index in [0.29, 0.717) is 18.1 Å². The minimum absolute atomic E-state index is 0.137. The van der Waals surface area contributed by atoms with Gasteiger partial charge >= 0.3 is 0 Å². The molecule has 0 radical (unpaired) electrons. The number of halogens is 1. The van der Waals surface area contributed by atoms with Crippen LogP contribution in [0.4, 0.5) is 0 Å². The summed E-state index contributed by atoms with van der Waals surface area (Å²) in [5.74, 6) is 0.935. The maximum absolute atomic E-state index is 12.4. The number of aromatic nitrogens is 2. The topological polar surface area (TPSA) is 63.3 Å². The lowest BCUT2D eigenvalue weighted by atomic mass is 9.98. The molecule has 3 heterocycles. The van der Waals surface area contributed by atoms with Crippen LogP contribution in [0.2, 0.25) is 0 Å². The van der Waals surface area contributed by atoms with E-state index in [4.69, 9.17) is 4.42 Å². The first-order valence-corrected chi connectivity index (χ1v) is 9.43. The molecule has 0 aliphatic carbocycles. The second-order valence-corrected chi connectivity index (χ2v) is 8.44. The van der Waals surface area contributed by atoms with Gasteiger partial charge in [0.05, 0.1) is 17.2 Å². The van der Waals surface area contributed by atoms with Gasteiger partial charge in [-0.3, -0.25) is 14.4 Å². The first-order valence-electron chi connectivity index (χ1n) is 8.64. The fraction of sp³-hybridized carbons (Fsp3) is 0.556. The van der Waals surface area contributed by atoms with Gasteiger partial charge in [0.1, 0.15) is 5.76 Å². The number of nitrogens with one attached hydrogen (secondary N) is 1. The van der Waals surface area contributed by atoms with Crippen LogP contribution in [0.3, 0.4) is 0 Å². The number of likely N-dealkylation sites (tertiary alicyclic amines) is 1. The Bertz CT molecular complexity index is 724. The zero-order valence-corrected chi connectivity index (χ0v) is 16.5. The molecule has 136 valence electrons. The Labute approximate surface area is 156 Å². The highest BCUT2D eigenvalue weighted by atomic mass is 79.9. The Kier molecular flexibility index (Phi) is 5.34. The van der Waals surface area contributed by atoms with Gasteiger partial charge in [-0.15, -0.1) is 0 Å². The van der Waals surface area contributed by atoms with Gasteiger partial charge in [-0.1, -0.05) is 0 Å². The first-order chi connectivity index (χ1) is 11.8. The molecule has 0 saturated carbocycles. The molecule has 1 fully saturated rings. The molecule has 1 saturated heterocycles.